The summed E-state index contributed by atoms with van der Waals surface area (Å²) >= 11 is 0. The van der Waals surface area contributed by atoms with Crippen LogP contribution in [0.1, 0.15) is 316 Å². The maximum Gasteiger partial charge on any atom is 0.306 e. The van der Waals surface area contributed by atoms with Crippen molar-refractivity contribution in [2.45, 2.75) is 322 Å². The lowest BCUT2D eigenvalue weighted by atomic mass is 10.0. The number of hydrogen-bond donors (Lipinski definition) is 0. The van der Waals surface area contributed by atoms with Gasteiger partial charge in [-0.2, -0.15) is 0 Å². The van der Waals surface area contributed by atoms with E-state index in [1.807, 2.05) is 0 Å². The molecular formula is C63H114O6. The molecule has 402 valence electrons. The van der Waals surface area contributed by atoms with E-state index in [1.165, 1.54) is 193 Å². The number of rotatable bonds is 55. The Kier molecular flexibility index (Phi) is 55.7. The third kappa shape index (κ3) is 56.2. The van der Waals surface area contributed by atoms with E-state index in [-0.39, 0.29) is 31.1 Å². The van der Waals surface area contributed by atoms with Crippen molar-refractivity contribution in [2.24, 2.45) is 0 Å². The third-order valence-electron chi connectivity index (χ3n) is 13.3. The van der Waals surface area contributed by atoms with Crippen molar-refractivity contribution in [2.75, 3.05) is 13.2 Å². The molecule has 0 aliphatic carbocycles. The Balaban J connectivity index is 4.36. The molecule has 6 nitrogen and oxygen atoms in total. The van der Waals surface area contributed by atoms with Crippen molar-refractivity contribution in [1.29, 1.82) is 0 Å². The zero-order valence-corrected chi connectivity index (χ0v) is 46.1. The fourth-order valence-corrected chi connectivity index (χ4v) is 8.78. The number of hydrogen-bond acceptors (Lipinski definition) is 6. The van der Waals surface area contributed by atoms with Gasteiger partial charge in [-0.3, -0.25) is 14.4 Å². The molecule has 0 aliphatic heterocycles. The number of carbonyl (C=O) groups excluding carboxylic acids is 3. The highest BCUT2D eigenvalue weighted by molar-refractivity contribution is 5.71. The van der Waals surface area contributed by atoms with Crippen LogP contribution in [0.5, 0.6) is 0 Å². The maximum absolute atomic E-state index is 12.8. The number of ether oxygens (including phenoxy) is 3. The molecule has 0 bridgehead atoms. The number of allylic oxidation sites excluding steroid dienone is 8. The summed E-state index contributed by atoms with van der Waals surface area (Å²) in [6.45, 7) is 6.63. The maximum atomic E-state index is 12.8. The molecule has 69 heavy (non-hydrogen) atoms. The molecule has 0 aromatic carbocycles. The Morgan fingerprint density at radius 1 is 0.290 bits per heavy atom. The van der Waals surface area contributed by atoms with Crippen molar-refractivity contribution in [3.05, 3.63) is 48.6 Å². The second kappa shape index (κ2) is 57.9. The highest BCUT2D eigenvalue weighted by Crippen LogP contribution is 2.17. The minimum Gasteiger partial charge on any atom is -0.462 e. The summed E-state index contributed by atoms with van der Waals surface area (Å²) in [7, 11) is 0. The van der Waals surface area contributed by atoms with E-state index in [1.54, 1.807) is 0 Å². The molecule has 0 aromatic heterocycles. The predicted molar refractivity (Wildman–Crippen MR) is 298 cm³/mol. The van der Waals surface area contributed by atoms with E-state index in [2.05, 4.69) is 69.4 Å². The Labute approximate surface area is 428 Å². The minimum absolute atomic E-state index is 0.0787. The second-order valence-electron chi connectivity index (χ2n) is 20.3. The molecule has 1 atom stereocenters. The van der Waals surface area contributed by atoms with Crippen molar-refractivity contribution in [3.8, 4) is 0 Å². The van der Waals surface area contributed by atoms with Crippen LogP contribution in [-0.4, -0.2) is 37.2 Å². The third-order valence-corrected chi connectivity index (χ3v) is 13.3. The second-order valence-corrected chi connectivity index (χ2v) is 20.3. The predicted octanol–water partition coefficient (Wildman–Crippen LogP) is 20.2. The molecule has 0 radical (unpaired) electrons. The van der Waals surface area contributed by atoms with Gasteiger partial charge in [0.15, 0.2) is 6.10 Å². The average Bonchev–Trinajstić information content (AvgIpc) is 3.35. The summed E-state index contributed by atoms with van der Waals surface area (Å²) in [5.41, 5.74) is 0. The Morgan fingerprint density at radius 3 is 0.841 bits per heavy atom. The average molecular weight is 968 g/mol. The van der Waals surface area contributed by atoms with E-state index < -0.39 is 6.10 Å². The number of carbonyl (C=O) groups is 3. The largest absolute Gasteiger partial charge is 0.462 e. The Hall–Kier alpha value is -2.63. The molecule has 0 rings (SSSR count). The van der Waals surface area contributed by atoms with Gasteiger partial charge in [-0.05, 0) is 64.2 Å². The van der Waals surface area contributed by atoms with Crippen LogP contribution in [0.2, 0.25) is 0 Å². The zero-order chi connectivity index (χ0) is 50.0. The first-order chi connectivity index (χ1) is 34.0. The molecule has 0 unspecified atom stereocenters. The molecule has 6 heteroatoms. The SMILES string of the molecule is CCCCC/C=C\C/C=C\C/C=C\C/C=C\CCCCCC(=O)OC[C@H](COC(=O)CCCCCCCCCCCCCCCCCCCCC)OC(=O)CCCCCCCCCCCCCCC. The van der Waals surface area contributed by atoms with Crippen molar-refractivity contribution >= 4 is 17.9 Å². The first-order valence-electron chi connectivity index (χ1n) is 30.1. The number of esters is 3. The van der Waals surface area contributed by atoms with Gasteiger partial charge in [0.25, 0.3) is 0 Å². The summed E-state index contributed by atoms with van der Waals surface area (Å²) in [4.78, 5) is 38.2. The molecule has 0 fully saturated rings. The van der Waals surface area contributed by atoms with Crippen LogP contribution in [0.3, 0.4) is 0 Å². The summed E-state index contributed by atoms with van der Waals surface area (Å²) in [5, 5.41) is 0. The lowest BCUT2D eigenvalue weighted by Crippen LogP contribution is -2.30. The lowest BCUT2D eigenvalue weighted by Gasteiger charge is -2.18. The van der Waals surface area contributed by atoms with Crippen LogP contribution in [0, 0.1) is 0 Å². The van der Waals surface area contributed by atoms with Gasteiger partial charge in [0.05, 0.1) is 0 Å². The van der Waals surface area contributed by atoms with Gasteiger partial charge < -0.3 is 14.2 Å². The molecular weight excluding hydrogens is 853 g/mol. The molecule has 0 heterocycles. The lowest BCUT2D eigenvalue weighted by molar-refractivity contribution is -0.167. The first kappa shape index (κ1) is 66.4. The van der Waals surface area contributed by atoms with Crippen molar-refractivity contribution in [1.82, 2.24) is 0 Å². The summed E-state index contributed by atoms with van der Waals surface area (Å²) in [6.07, 6.45) is 71.0. The molecule has 0 spiro atoms. The standard InChI is InChI=1S/C63H114O6/c1-4-7-10-13-16-19-22-25-27-29-31-33-35-38-40-43-46-49-52-55-61(64)67-58-60(69-63(66)57-54-51-48-45-42-37-24-21-18-15-12-9-6-3)59-68-62(65)56-53-50-47-44-41-39-36-34-32-30-28-26-23-20-17-14-11-8-5-2/h16,19,25,27,31,33,38,40,60H,4-15,17-18,20-24,26,28-30,32,34-37,39,41-59H2,1-3H3/b19-16-,27-25-,33-31-,40-38-/t60-/m1/s1. The van der Waals surface area contributed by atoms with Gasteiger partial charge in [0.1, 0.15) is 13.2 Å². The summed E-state index contributed by atoms with van der Waals surface area (Å²) < 4.78 is 16.9. The van der Waals surface area contributed by atoms with E-state index >= 15 is 0 Å². The molecule has 0 saturated carbocycles. The van der Waals surface area contributed by atoms with E-state index in [0.29, 0.717) is 19.3 Å². The van der Waals surface area contributed by atoms with Gasteiger partial charge in [0.2, 0.25) is 0 Å². The monoisotopic (exact) mass is 967 g/mol. The molecule has 0 amide bonds. The zero-order valence-electron chi connectivity index (χ0n) is 46.1. The van der Waals surface area contributed by atoms with Crippen LogP contribution in [0.15, 0.2) is 48.6 Å². The molecule has 0 saturated heterocycles. The highest BCUT2D eigenvalue weighted by Gasteiger charge is 2.19. The summed E-state index contributed by atoms with van der Waals surface area (Å²) in [5.74, 6) is -0.892. The van der Waals surface area contributed by atoms with Crippen LogP contribution in [0.25, 0.3) is 0 Å². The number of unbranched alkanes of at least 4 members (excludes halogenated alkanes) is 36. The normalized spacial score (nSPS) is 12.3. The van der Waals surface area contributed by atoms with Gasteiger partial charge >= 0.3 is 17.9 Å². The minimum atomic E-state index is -0.782. The van der Waals surface area contributed by atoms with Gasteiger partial charge in [0, 0.05) is 19.3 Å². The van der Waals surface area contributed by atoms with Gasteiger partial charge in [-0.15, -0.1) is 0 Å². The fourth-order valence-electron chi connectivity index (χ4n) is 8.78. The van der Waals surface area contributed by atoms with Crippen LogP contribution < -0.4 is 0 Å². The smallest absolute Gasteiger partial charge is 0.306 e. The van der Waals surface area contributed by atoms with Crippen molar-refractivity contribution < 1.29 is 28.6 Å². The molecule has 0 aromatic rings. The topological polar surface area (TPSA) is 78.9 Å². The first-order valence-corrected chi connectivity index (χ1v) is 30.1. The Morgan fingerprint density at radius 2 is 0.522 bits per heavy atom. The highest BCUT2D eigenvalue weighted by atomic mass is 16.6. The van der Waals surface area contributed by atoms with E-state index in [9.17, 15) is 14.4 Å². The van der Waals surface area contributed by atoms with E-state index in [4.69, 9.17) is 14.2 Å². The van der Waals surface area contributed by atoms with Crippen LogP contribution >= 0.6 is 0 Å². The molecule has 0 aliphatic rings. The fraction of sp³-hybridized carbons (Fsp3) is 0.825. The van der Waals surface area contributed by atoms with Gasteiger partial charge in [-0.25, -0.2) is 0 Å². The van der Waals surface area contributed by atoms with Gasteiger partial charge in [-0.1, -0.05) is 281 Å². The quantitative estimate of drug-likeness (QED) is 0.0262. The van der Waals surface area contributed by atoms with Crippen molar-refractivity contribution in [3.63, 3.8) is 0 Å². The van der Waals surface area contributed by atoms with E-state index in [0.717, 1.165) is 83.5 Å². The summed E-state index contributed by atoms with van der Waals surface area (Å²) in [6, 6.07) is 0. The van der Waals surface area contributed by atoms with Crippen LogP contribution in [0.4, 0.5) is 0 Å². The molecule has 0 N–H and O–H groups in total. The van der Waals surface area contributed by atoms with Crippen LogP contribution in [-0.2, 0) is 28.6 Å². The Bertz CT molecular complexity index is 1200.